The molecule has 31 nitrogen and oxygen atoms in total. The standard InChI is InChI=1S/C61H89N11O20P2S2/c1-36(2)53(59(80)67-47(54(63)75)21-25-95-6)71-57(78)49(22-26-96-7)69-58(79)50(27-37-17-19-41(73)20-18-37)70-56(77)48(68-55(76)45(62)29-39-31-66-46-15-9-8-14-43(39)46)16-10-11-24-65-61(82)88-32-40-28-44(60(81)87-35-52(74)72(4)5)51(30-38(40)13-12-23-64-3)92-94(86)89-33-42(34-90-94)91-93(83,84)85/h8-9,14-15,17-20,28,30-31,36,42,45,47-50,53,64,66,73H,10-13,16,21-27,29,32-35,62H2,1-7H3,(H2,63,75)(H,65,82)(H,67,80)(H,68,76)(H,69,79)(H,70,77)(H,71,78)(H2,83,84,85)/t42?,45-,47+,48-,49-,50-,53-,94?/m0/s1. The summed E-state index contributed by atoms with van der Waals surface area (Å²) in [6, 6.07) is 8.52. The summed E-state index contributed by atoms with van der Waals surface area (Å²) in [5, 5.41) is 30.3. The number of aryl methyl sites for hydroxylation is 1. The van der Waals surface area contributed by atoms with Gasteiger partial charge in [-0.1, -0.05) is 44.2 Å². The van der Waals surface area contributed by atoms with E-state index in [0.29, 0.717) is 35.6 Å². The number of thioether (sulfide) groups is 2. The fraction of sp³-hybridized carbons (Fsp3) is 0.525. The van der Waals surface area contributed by atoms with Crippen molar-refractivity contribution in [2.24, 2.45) is 17.4 Å². The zero-order valence-corrected chi connectivity index (χ0v) is 58.0. The molecule has 1 fully saturated rings. The number of benzene rings is 3. The quantitative estimate of drug-likeness (QED) is 0.0173. The first-order chi connectivity index (χ1) is 45.5. The number of primary amides is 1. The van der Waals surface area contributed by atoms with Crippen molar-refractivity contribution in [2.45, 2.75) is 121 Å². The van der Waals surface area contributed by atoms with Crippen LogP contribution in [0, 0.1) is 5.92 Å². The average molecular weight is 1420 g/mol. The van der Waals surface area contributed by atoms with Crippen LogP contribution in [0.3, 0.4) is 0 Å². The molecule has 0 spiro atoms. The van der Waals surface area contributed by atoms with E-state index < -0.39 is 144 Å². The van der Waals surface area contributed by atoms with E-state index in [1.165, 1.54) is 78.9 Å². The van der Waals surface area contributed by atoms with Crippen molar-refractivity contribution in [3.63, 3.8) is 0 Å². The summed E-state index contributed by atoms with van der Waals surface area (Å²) < 4.78 is 56.8. The van der Waals surface area contributed by atoms with Crippen LogP contribution in [0.5, 0.6) is 11.5 Å². The molecule has 15 N–H and O–H groups in total. The molecule has 96 heavy (non-hydrogen) atoms. The van der Waals surface area contributed by atoms with E-state index >= 15 is 0 Å². The largest absolute Gasteiger partial charge is 0.530 e. The van der Waals surface area contributed by atoms with Gasteiger partial charge in [0.05, 0.1) is 19.3 Å². The van der Waals surface area contributed by atoms with Gasteiger partial charge >= 0.3 is 27.7 Å². The molecule has 5 rings (SSSR count). The molecule has 0 saturated carbocycles. The number of aromatic amines is 1. The fourth-order valence-electron chi connectivity index (χ4n) is 9.65. The molecule has 2 heterocycles. The number of nitrogens with zero attached hydrogens (tertiary/aromatic N) is 1. The van der Waals surface area contributed by atoms with Crippen molar-refractivity contribution >= 4 is 103 Å². The van der Waals surface area contributed by atoms with Gasteiger partial charge in [0.2, 0.25) is 35.4 Å². The second kappa shape index (κ2) is 39.2. The maximum atomic E-state index is 14.7. The number of likely N-dealkylation sites (N-methyl/N-ethyl adjacent to an activating group) is 1. The number of H-pyrrole nitrogens is 1. The van der Waals surface area contributed by atoms with Crippen LogP contribution in [0.25, 0.3) is 10.9 Å². The molecule has 1 saturated heterocycles. The molecule has 0 bridgehead atoms. The fourth-order valence-corrected chi connectivity index (χ4v) is 12.4. The molecule has 0 aliphatic carbocycles. The minimum absolute atomic E-state index is 0.0374. The molecule has 1 aromatic heterocycles. The third-order valence-corrected chi connectivity index (χ3v) is 18.2. The summed E-state index contributed by atoms with van der Waals surface area (Å²) in [6.07, 6.45) is 4.40. The monoisotopic (exact) mass is 1420 g/mol. The Bertz CT molecular complexity index is 3380. The van der Waals surface area contributed by atoms with Crippen LogP contribution in [0.4, 0.5) is 4.79 Å². The number of alkyl carbamates (subject to hydrolysis) is 1. The predicted octanol–water partition coefficient (Wildman–Crippen LogP) is 2.56. The highest BCUT2D eigenvalue weighted by atomic mass is 32.2. The zero-order chi connectivity index (χ0) is 70.7. The highest BCUT2D eigenvalue weighted by Gasteiger charge is 2.40. The van der Waals surface area contributed by atoms with E-state index in [4.69, 9.17) is 34.5 Å². The molecule has 1 aliphatic heterocycles. The number of aromatic hydroxyl groups is 1. The van der Waals surface area contributed by atoms with Crippen LogP contribution in [0.1, 0.15) is 85.0 Å². The summed E-state index contributed by atoms with van der Waals surface area (Å²) in [4.78, 5) is 146. The van der Waals surface area contributed by atoms with E-state index in [1.54, 1.807) is 33.3 Å². The van der Waals surface area contributed by atoms with Gasteiger partial charge in [-0.3, -0.25) is 47.1 Å². The van der Waals surface area contributed by atoms with E-state index in [1.807, 2.05) is 30.5 Å². The molecule has 0 unspecified atom stereocenters. The number of rotatable bonds is 40. The van der Waals surface area contributed by atoms with E-state index in [-0.39, 0.29) is 80.5 Å². The maximum Gasteiger partial charge on any atom is 0.530 e. The number of phosphoric acid groups is 2. The molecule has 530 valence electrons. The number of nitrogens with two attached hydrogens (primary N) is 2. The number of phosphoric ester groups is 2. The Morgan fingerprint density at radius 1 is 0.750 bits per heavy atom. The van der Waals surface area contributed by atoms with Crippen LogP contribution in [0.15, 0.2) is 66.9 Å². The normalized spacial score (nSPS) is 16.6. The number of amides is 8. The number of unbranched alkanes of at least 4 members (excludes halogenated alkanes) is 1. The van der Waals surface area contributed by atoms with Crippen LogP contribution in [-0.2, 0) is 91.6 Å². The zero-order valence-electron chi connectivity index (χ0n) is 54.6. The van der Waals surface area contributed by atoms with Gasteiger partial charge in [-0.15, -0.1) is 0 Å². The molecular weight excluding hydrogens is 1330 g/mol. The Labute approximate surface area is 565 Å². The van der Waals surface area contributed by atoms with Crippen molar-refractivity contribution in [3.8, 4) is 11.5 Å². The second-order valence-electron chi connectivity index (χ2n) is 23.0. The molecule has 3 aromatic carbocycles. The van der Waals surface area contributed by atoms with Crippen LogP contribution in [-0.4, -0.2) is 199 Å². The van der Waals surface area contributed by atoms with Gasteiger partial charge in [0.15, 0.2) is 6.61 Å². The number of phenols is 1. The van der Waals surface area contributed by atoms with Gasteiger partial charge in [-0.05, 0) is 147 Å². The number of carbonyl (C=O) groups excluding carboxylic acids is 9. The number of aromatic nitrogens is 1. The van der Waals surface area contributed by atoms with E-state index in [9.17, 15) is 67.2 Å². The number of carbonyl (C=O) groups is 9. The Morgan fingerprint density at radius 3 is 2.00 bits per heavy atom. The number of esters is 1. The Morgan fingerprint density at radius 2 is 1.36 bits per heavy atom. The number of fused-ring (bicyclic) bond motifs is 1. The molecule has 0 radical (unpaired) electrons. The van der Waals surface area contributed by atoms with Crippen molar-refractivity contribution in [3.05, 3.63) is 94.7 Å². The Balaban J connectivity index is 1.36. The Hall–Kier alpha value is -7.29. The number of phenolic OH excluding ortho intramolecular Hbond substituents is 1. The molecule has 6 atom stereocenters. The van der Waals surface area contributed by atoms with Gasteiger partial charge in [0.1, 0.15) is 60.0 Å². The number of ether oxygens (including phenoxy) is 2. The number of nitrogens with one attached hydrogen (secondary N) is 8. The lowest BCUT2D eigenvalue weighted by Crippen LogP contribution is -2.60. The van der Waals surface area contributed by atoms with E-state index in [2.05, 4.69) is 46.7 Å². The third kappa shape index (κ3) is 26.3. The molecular formula is C61H89N11O20P2S2. The summed E-state index contributed by atoms with van der Waals surface area (Å²) >= 11 is 2.84. The smallest absolute Gasteiger partial charge is 0.508 e. The first kappa shape index (κ1) is 79.4. The third-order valence-electron chi connectivity index (χ3n) is 15.0. The lowest BCUT2D eigenvalue weighted by Gasteiger charge is -2.28. The number of hydrogen-bond donors (Lipinski definition) is 13. The highest BCUT2D eigenvalue weighted by Crippen LogP contribution is 2.54. The first-order valence-electron chi connectivity index (χ1n) is 30.8. The minimum atomic E-state index is -4.99. The summed E-state index contributed by atoms with van der Waals surface area (Å²) in [7, 11) is -4.99. The van der Waals surface area contributed by atoms with Crippen LogP contribution < -0.4 is 53.2 Å². The summed E-state index contributed by atoms with van der Waals surface area (Å²) in [5.74, 6) is -6.21. The van der Waals surface area contributed by atoms with Crippen molar-refractivity contribution in [1.29, 1.82) is 0 Å². The van der Waals surface area contributed by atoms with Gasteiger partial charge in [-0.25, -0.2) is 18.7 Å². The van der Waals surface area contributed by atoms with Crippen LogP contribution >= 0.6 is 39.2 Å². The predicted molar refractivity (Wildman–Crippen MR) is 358 cm³/mol. The summed E-state index contributed by atoms with van der Waals surface area (Å²) in [5.41, 5.74) is 14.5. The maximum absolute atomic E-state index is 14.7. The topological polar surface area (TPSA) is 459 Å². The lowest BCUT2D eigenvalue weighted by atomic mass is 9.99. The lowest BCUT2D eigenvalue weighted by molar-refractivity contribution is -0.135. The summed E-state index contributed by atoms with van der Waals surface area (Å²) in [6.45, 7) is 1.42. The minimum Gasteiger partial charge on any atom is -0.508 e. The molecule has 4 aromatic rings. The van der Waals surface area contributed by atoms with Gasteiger partial charge in [0.25, 0.3) is 5.91 Å². The van der Waals surface area contributed by atoms with E-state index in [0.717, 1.165) is 16.5 Å². The van der Waals surface area contributed by atoms with Gasteiger partial charge in [0, 0.05) is 44.2 Å². The first-order valence-corrected chi connectivity index (χ1v) is 36.6. The van der Waals surface area contributed by atoms with Crippen molar-refractivity contribution in [2.75, 3.05) is 78.1 Å². The van der Waals surface area contributed by atoms with Crippen molar-refractivity contribution in [1.82, 2.24) is 47.1 Å². The SMILES string of the molecule is CNCCCc1cc(OP2(=O)OCC(OP(=O)(O)O)CO2)c(C(=O)OCC(=O)N(C)C)cc1COC(=O)NCCCC[C@H](NC(=O)[C@@H](N)Cc1c[nH]c2ccccc12)C(=O)N[C@@H](Cc1ccc(O)cc1)C(=O)N[C@@H](CCSC)C(=O)N[C@H](C(=O)N[C@H](CCSC)C(N)=O)C(C)C. The molecule has 35 heteroatoms. The highest BCUT2D eigenvalue weighted by molar-refractivity contribution is 7.98. The molecule has 1 aliphatic rings. The molecule has 8 amide bonds. The Kier molecular flexibility index (Phi) is 32.4. The number of hydrogen-bond acceptors (Lipinski definition) is 22. The number of para-hydroxylation sites is 1. The second-order valence-corrected chi connectivity index (χ2v) is 27.8. The van der Waals surface area contributed by atoms with Crippen LogP contribution in [0.2, 0.25) is 0 Å². The average Bonchev–Trinajstić information content (AvgIpc) is 0.899. The van der Waals surface area contributed by atoms with Gasteiger partial charge in [-0.2, -0.15) is 23.5 Å². The van der Waals surface area contributed by atoms with Crippen molar-refractivity contribution < 1.29 is 94.7 Å². The van der Waals surface area contributed by atoms with Gasteiger partial charge < -0.3 is 87.5 Å².